The summed E-state index contributed by atoms with van der Waals surface area (Å²) < 4.78 is 28.8. The molecule has 0 saturated carbocycles. The first-order valence-electron chi connectivity index (χ1n) is 9.44. The number of rotatable bonds is 6. The number of hydrogen-bond donors (Lipinski definition) is 2. The number of halogens is 2. The third kappa shape index (κ3) is 4.55. The summed E-state index contributed by atoms with van der Waals surface area (Å²) >= 11 is 0. The van der Waals surface area contributed by atoms with Crippen molar-refractivity contribution in [2.24, 2.45) is 10.7 Å². The van der Waals surface area contributed by atoms with Crippen molar-refractivity contribution in [3.8, 4) is 0 Å². The number of nitrogens with two attached hydrogens (primary N) is 1. The van der Waals surface area contributed by atoms with Gasteiger partial charge in [-0.3, -0.25) is 9.98 Å². The first kappa shape index (κ1) is 20.1. The molecule has 3 N–H and O–H groups in total. The van der Waals surface area contributed by atoms with Crippen LogP contribution in [-0.2, 0) is 6.54 Å². The fourth-order valence-electron chi connectivity index (χ4n) is 2.90. The van der Waals surface area contributed by atoms with E-state index in [1.165, 1.54) is 6.20 Å². The Morgan fingerprint density at radius 3 is 2.84 bits per heavy atom. The summed E-state index contributed by atoms with van der Waals surface area (Å²) in [6.45, 7) is 1.99. The number of aryl methyl sites for hydroxylation is 1. The van der Waals surface area contributed by atoms with Crippen molar-refractivity contribution in [2.75, 3.05) is 5.32 Å². The molecule has 9 heteroatoms. The smallest absolute Gasteiger partial charge is 0.183 e. The van der Waals surface area contributed by atoms with Gasteiger partial charge in [-0.25, -0.2) is 18.3 Å². The predicted octanol–water partition coefficient (Wildman–Crippen LogP) is 4.03. The Morgan fingerprint density at radius 2 is 2.06 bits per heavy atom. The lowest BCUT2D eigenvalue weighted by molar-refractivity contribution is 0.587. The first-order valence-corrected chi connectivity index (χ1v) is 9.44. The lowest BCUT2D eigenvalue weighted by Gasteiger charge is -2.07. The average Bonchev–Trinajstić information content (AvgIpc) is 3.18. The van der Waals surface area contributed by atoms with Crippen LogP contribution in [0.5, 0.6) is 0 Å². The molecule has 0 saturated heterocycles. The summed E-state index contributed by atoms with van der Waals surface area (Å²) in [5.41, 5.74) is 9.42. The number of anilines is 1. The lowest BCUT2D eigenvalue weighted by Crippen LogP contribution is -2.04. The van der Waals surface area contributed by atoms with Gasteiger partial charge in [0.25, 0.3) is 0 Å². The topological polar surface area (TPSA) is 93.5 Å². The van der Waals surface area contributed by atoms with E-state index in [-0.39, 0.29) is 12.1 Å². The Hall–Kier alpha value is -4.14. The summed E-state index contributed by atoms with van der Waals surface area (Å²) in [5, 5.41) is 7.23. The van der Waals surface area contributed by atoms with Crippen LogP contribution in [-0.4, -0.2) is 25.8 Å². The van der Waals surface area contributed by atoms with E-state index in [1.807, 2.05) is 19.1 Å². The summed E-state index contributed by atoms with van der Waals surface area (Å²) in [6, 6.07) is 8.82. The van der Waals surface area contributed by atoms with Crippen LogP contribution in [0, 0.1) is 18.6 Å². The molecule has 4 aromatic rings. The van der Waals surface area contributed by atoms with Crippen molar-refractivity contribution < 1.29 is 8.78 Å². The van der Waals surface area contributed by atoms with Crippen LogP contribution < -0.4 is 11.1 Å². The van der Waals surface area contributed by atoms with E-state index in [1.54, 1.807) is 35.4 Å². The molecule has 31 heavy (non-hydrogen) atoms. The number of aliphatic imine (C=N–C) groups is 1. The van der Waals surface area contributed by atoms with Gasteiger partial charge in [0, 0.05) is 53.7 Å². The minimum atomic E-state index is -0.499. The summed E-state index contributed by atoms with van der Waals surface area (Å²) in [7, 11) is 0. The van der Waals surface area contributed by atoms with Gasteiger partial charge >= 0.3 is 0 Å². The molecule has 0 aliphatic carbocycles. The largest absolute Gasteiger partial charge is 0.404 e. The van der Waals surface area contributed by atoms with E-state index in [2.05, 4.69) is 25.4 Å². The average molecular weight is 419 g/mol. The molecule has 3 aromatic heterocycles. The van der Waals surface area contributed by atoms with Crippen LogP contribution in [0.1, 0.15) is 16.8 Å². The Kier molecular flexibility index (Phi) is 5.65. The maximum atomic E-state index is 13.8. The molecule has 0 amide bonds. The maximum absolute atomic E-state index is 13.8. The van der Waals surface area contributed by atoms with E-state index in [4.69, 9.17) is 5.73 Å². The summed E-state index contributed by atoms with van der Waals surface area (Å²) in [6.07, 6.45) is 8.08. The second kappa shape index (κ2) is 8.70. The quantitative estimate of drug-likeness (QED) is 0.461. The SMILES string of the molecule is Cc1ccc(C(C=Nc2cnn3ccc(NCc4cc(F)ccc4F)nc23)=CN)cn1. The van der Waals surface area contributed by atoms with E-state index >= 15 is 0 Å². The van der Waals surface area contributed by atoms with Crippen molar-refractivity contribution in [1.82, 2.24) is 19.6 Å². The van der Waals surface area contributed by atoms with E-state index < -0.39 is 11.6 Å². The standard InChI is InChI=1S/C22H19F2N7/c1-14-2-3-15(10-26-14)17(9-25)12-27-20-13-29-31-7-6-21(30-22(20)31)28-11-16-8-18(23)4-5-19(16)24/h2-10,12-13H,11,25H2,1H3,(H,28,30). The zero-order valence-corrected chi connectivity index (χ0v) is 16.6. The molecule has 7 nitrogen and oxygen atoms in total. The number of nitrogens with zero attached hydrogens (tertiary/aromatic N) is 5. The molecule has 156 valence electrons. The predicted molar refractivity (Wildman–Crippen MR) is 116 cm³/mol. The molecule has 0 atom stereocenters. The van der Waals surface area contributed by atoms with Crippen LogP contribution in [0.3, 0.4) is 0 Å². The van der Waals surface area contributed by atoms with Crippen molar-refractivity contribution >= 4 is 28.9 Å². The molecule has 4 rings (SSSR count). The second-order valence-corrected chi connectivity index (χ2v) is 6.77. The fraction of sp³-hybridized carbons (Fsp3) is 0.0909. The fourth-order valence-corrected chi connectivity index (χ4v) is 2.90. The highest BCUT2D eigenvalue weighted by Crippen LogP contribution is 2.21. The van der Waals surface area contributed by atoms with Gasteiger partial charge in [-0.15, -0.1) is 0 Å². The summed E-state index contributed by atoms with van der Waals surface area (Å²) in [4.78, 5) is 13.2. The molecule has 0 spiro atoms. The molecule has 0 aliphatic rings. The minimum absolute atomic E-state index is 0.0833. The number of pyridine rings is 1. The highest BCUT2D eigenvalue weighted by Gasteiger charge is 2.08. The molecule has 0 unspecified atom stereocenters. The third-order valence-electron chi connectivity index (χ3n) is 4.59. The van der Waals surface area contributed by atoms with Gasteiger partial charge in [0.05, 0.1) is 6.20 Å². The Bertz CT molecular complexity index is 1280. The highest BCUT2D eigenvalue weighted by atomic mass is 19.1. The normalized spacial score (nSPS) is 12.0. The first-order chi connectivity index (χ1) is 15.0. The van der Waals surface area contributed by atoms with E-state index in [0.717, 1.165) is 29.5 Å². The molecule has 1 aromatic carbocycles. The van der Waals surface area contributed by atoms with Crippen LogP contribution >= 0.6 is 0 Å². The van der Waals surface area contributed by atoms with Gasteiger partial charge in [-0.2, -0.15) is 5.10 Å². The van der Waals surface area contributed by atoms with Crippen molar-refractivity contribution in [1.29, 1.82) is 0 Å². The Labute approximate surface area is 177 Å². The van der Waals surface area contributed by atoms with Crippen molar-refractivity contribution in [2.45, 2.75) is 13.5 Å². The Balaban J connectivity index is 1.56. The molecular formula is C22H19F2N7. The van der Waals surface area contributed by atoms with Gasteiger partial charge in [0.15, 0.2) is 5.65 Å². The molecular weight excluding hydrogens is 400 g/mol. The van der Waals surface area contributed by atoms with Gasteiger partial charge in [0.1, 0.15) is 23.1 Å². The van der Waals surface area contributed by atoms with Gasteiger partial charge in [-0.1, -0.05) is 6.07 Å². The molecule has 0 radical (unpaired) electrons. The molecule has 3 heterocycles. The lowest BCUT2D eigenvalue weighted by atomic mass is 10.1. The number of benzene rings is 1. The third-order valence-corrected chi connectivity index (χ3v) is 4.59. The van der Waals surface area contributed by atoms with E-state index in [0.29, 0.717) is 22.7 Å². The Morgan fingerprint density at radius 1 is 1.19 bits per heavy atom. The molecule has 0 bridgehead atoms. The van der Waals surface area contributed by atoms with Gasteiger partial charge in [-0.05, 0) is 37.3 Å². The number of fused-ring (bicyclic) bond motifs is 1. The second-order valence-electron chi connectivity index (χ2n) is 6.77. The number of nitrogens with one attached hydrogen (secondary N) is 1. The van der Waals surface area contributed by atoms with Crippen LogP contribution in [0.4, 0.5) is 20.3 Å². The van der Waals surface area contributed by atoms with Crippen LogP contribution in [0.15, 0.2) is 66.2 Å². The van der Waals surface area contributed by atoms with Crippen LogP contribution in [0.25, 0.3) is 11.2 Å². The maximum Gasteiger partial charge on any atom is 0.183 e. The minimum Gasteiger partial charge on any atom is -0.404 e. The highest BCUT2D eigenvalue weighted by molar-refractivity contribution is 6.10. The van der Waals surface area contributed by atoms with E-state index in [9.17, 15) is 8.78 Å². The van der Waals surface area contributed by atoms with Gasteiger partial charge < -0.3 is 11.1 Å². The number of aromatic nitrogens is 4. The van der Waals surface area contributed by atoms with Gasteiger partial charge in [0.2, 0.25) is 0 Å². The zero-order valence-electron chi connectivity index (χ0n) is 16.6. The number of hydrogen-bond acceptors (Lipinski definition) is 6. The molecule has 0 fully saturated rings. The van der Waals surface area contributed by atoms with Crippen LogP contribution in [0.2, 0.25) is 0 Å². The zero-order chi connectivity index (χ0) is 21.8. The molecule has 0 aliphatic heterocycles. The number of allylic oxidation sites excluding steroid dienone is 1. The van der Waals surface area contributed by atoms with Crippen molar-refractivity contribution in [3.63, 3.8) is 0 Å². The monoisotopic (exact) mass is 419 g/mol. The van der Waals surface area contributed by atoms with Crippen molar-refractivity contribution in [3.05, 3.63) is 89.6 Å². The summed E-state index contributed by atoms with van der Waals surface area (Å²) in [5.74, 6) is -0.511.